The lowest BCUT2D eigenvalue weighted by molar-refractivity contribution is 0.536. The number of nitrogens with one attached hydrogen (secondary N) is 1. The average molecular weight is 464 g/mol. The predicted octanol–water partition coefficient (Wildman–Crippen LogP) is 7.20. The number of nitrogens with zero attached hydrogens (tertiary/aromatic N) is 4. The van der Waals surface area contributed by atoms with Gasteiger partial charge >= 0.3 is 0 Å². The van der Waals surface area contributed by atoms with Crippen molar-refractivity contribution in [1.82, 2.24) is 20.2 Å². The molecule has 0 spiro atoms. The van der Waals surface area contributed by atoms with E-state index in [2.05, 4.69) is 47.5 Å². The van der Waals surface area contributed by atoms with Crippen LogP contribution in [0.3, 0.4) is 0 Å². The Morgan fingerprint density at radius 1 is 1.14 bits per heavy atom. The molecule has 2 unspecified atom stereocenters. The SMILES string of the molecule is CC1CCC=C(c2cc3c(-c4cn[nH]c4)nccc3nc2C2=CCC(CN=C3CCCC3)C=C2)C1. The van der Waals surface area contributed by atoms with Gasteiger partial charge in [-0.1, -0.05) is 31.2 Å². The van der Waals surface area contributed by atoms with Crippen molar-refractivity contribution in [2.75, 3.05) is 6.54 Å². The van der Waals surface area contributed by atoms with Crippen LogP contribution in [0.1, 0.15) is 69.5 Å². The van der Waals surface area contributed by atoms with E-state index in [0.29, 0.717) is 11.8 Å². The number of hydrogen-bond acceptors (Lipinski definition) is 4. The molecule has 0 amide bonds. The fraction of sp³-hybridized carbons (Fsp3) is 0.400. The van der Waals surface area contributed by atoms with E-state index in [-0.39, 0.29) is 0 Å². The minimum Gasteiger partial charge on any atom is -0.294 e. The molecule has 3 aliphatic rings. The molecule has 1 N–H and O–H groups in total. The van der Waals surface area contributed by atoms with Crippen LogP contribution < -0.4 is 0 Å². The summed E-state index contributed by atoms with van der Waals surface area (Å²) >= 11 is 0. The van der Waals surface area contributed by atoms with Crippen LogP contribution in [0, 0.1) is 11.8 Å². The highest BCUT2D eigenvalue weighted by Crippen LogP contribution is 2.38. The zero-order chi connectivity index (χ0) is 23.6. The third-order valence-electron chi connectivity index (χ3n) is 7.67. The van der Waals surface area contributed by atoms with Crippen LogP contribution in [-0.2, 0) is 0 Å². The van der Waals surface area contributed by atoms with Crippen molar-refractivity contribution < 1.29 is 0 Å². The molecule has 3 aliphatic carbocycles. The molecular formula is C30H33N5. The molecule has 0 aromatic carbocycles. The van der Waals surface area contributed by atoms with Gasteiger partial charge < -0.3 is 0 Å². The maximum atomic E-state index is 5.25. The van der Waals surface area contributed by atoms with Crippen molar-refractivity contribution in [3.05, 3.63) is 66.3 Å². The summed E-state index contributed by atoms with van der Waals surface area (Å²) < 4.78 is 0. The molecule has 35 heavy (non-hydrogen) atoms. The summed E-state index contributed by atoms with van der Waals surface area (Å²) in [6.07, 6.45) is 24.6. The first-order valence-electron chi connectivity index (χ1n) is 13.1. The molecule has 0 aliphatic heterocycles. The second-order valence-corrected chi connectivity index (χ2v) is 10.3. The number of aliphatic imine (C=N–C) groups is 1. The Labute approximate surface area is 207 Å². The average Bonchev–Trinajstić information content (AvgIpc) is 3.61. The number of H-pyrrole nitrogens is 1. The maximum Gasteiger partial charge on any atom is 0.0827 e. The van der Waals surface area contributed by atoms with E-state index in [1.807, 2.05) is 24.7 Å². The van der Waals surface area contributed by atoms with Gasteiger partial charge in [0.05, 0.1) is 23.1 Å². The van der Waals surface area contributed by atoms with E-state index >= 15 is 0 Å². The predicted molar refractivity (Wildman–Crippen MR) is 144 cm³/mol. The second-order valence-electron chi connectivity index (χ2n) is 10.3. The third kappa shape index (κ3) is 4.64. The smallest absolute Gasteiger partial charge is 0.0827 e. The molecule has 2 atom stereocenters. The Hall–Kier alpha value is -3.34. The Balaban J connectivity index is 1.38. The van der Waals surface area contributed by atoms with Crippen LogP contribution in [0.5, 0.6) is 0 Å². The van der Waals surface area contributed by atoms with Gasteiger partial charge in [0.1, 0.15) is 0 Å². The fourth-order valence-corrected chi connectivity index (χ4v) is 5.66. The highest BCUT2D eigenvalue weighted by molar-refractivity contribution is 5.97. The summed E-state index contributed by atoms with van der Waals surface area (Å²) in [7, 11) is 0. The van der Waals surface area contributed by atoms with Gasteiger partial charge in [0.15, 0.2) is 0 Å². The summed E-state index contributed by atoms with van der Waals surface area (Å²) in [4.78, 5) is 14.9. The van der Waals surface area contributed by atoms with Crippen LogP contribution >= 0.6 is 0 Å². The Morgan fingerprint density at radius 3 is 2.83 bits per heavy atom. The van der Waals surface area contributed by atoms with Crippen molar-refractivity contribution in [3.8, 4) is 11.3 Å². The second kappa shape index (κ2) is 9.73. The van der Waals surface area contributed by atoms with Crippen molar-refractivity contribution in [3.63, 3.8) is 0 Å². The molecule has 3 heterocycles. The molecule has 178 valence electrons. The van der Waals surface area contributed by atoms with Gasteiger partial charge in [-0.15, -0.1) is 0 Å². The lowest BCUT2D eigenvalue weighted by atomic mass is 9.84. The first-order valence-corrected chi connectivity index (χ1v) is 13.1. The molecule has 0 radical (unpaired) electrons. The van der Waals surface area contributed by atoms with Crippen molar-refractivity contribution >= 4 is 27.8 Å². The zero-order valence-electron chi connectivity index (χ0n) is 20.5. The molecule has 3 aromatic heterocycles. The van der Waals surface area contributed by atoms with Crippen LogP contribution in [0.15, 0.2) is 60.0 Å². The van der Waals surface area contributed by atoms with Gasteiger partial charge in [0, 0.05) is 47.1 Å². The molecule has 5 nitrogen and oxygen atoms in total. The number of aromatic nitrogens is 4. The van der Waals surface area contributed by atoms with Gasteiger partial charge in [-0.3, -0.25) is 15.1 Å². The summed E-state index contributed by atoms with van der Waals surface area (Å²) in [6, 6.07) is 4.35. The molecule has 5 heteroatoms. The number of hydrogen-bond donors (Lipinski definition) is 1. The Bertz CT molecular complexity index is 1330. The largest absolute Gasteiger partial charge is 0.294 e. The van der Waals surface area contributed by atoms with E-state index in [1.54, 1.807) is 0 Å². The highest BCUT2D eigenvalue weighted by Gasteiger charge is 2.21. The first kappa shape index (κ1) is 22.1. The number of aromatic amines is 1. The fourth-order valence-electron chi connectivity index (χ4n) is 5.66. The molecule has 1 fully saturated rings. The van der Waals surface area contributed by atoms with Gasteiger partial charge in [-0.05, 0) is 80.6 Å². The zero-order valence-corrected chi connectivity index (χ0v) is 20.5. The molecular weight excluding hydrogens is 430 g/mol. The summed E-state index contributed by atoms with van der Waals surface area (Å²) in [6.45, 7) is 3.27. The van der Waals surface area contributed by atoms with E-state index in [9.17, 15) is 0 Å². The Kier molecular flexibility index (Phi) is 6.15. The van der Waals surface area contributed by atoms with E-state index in [1.165, 1.54) is 54.5 Å². The van der Waals surface area contributed by atoms with Crippen LogP contribution in [0.4, 0.5) is 0 Å². The number of fused-ring (bicyclic) bond motifs is 1. The topological polar surface area (TPSA) is 66.8 Å². The first-order chi connectivity index (χ1) is 17.2. The van der Waals surface area contributed by atoms with Gasteiger partial charge in [0.2, 0.25) is 0 Å². The number of rotatable bonds is 5. The summed E-state index contributed by atoms with van der Waals surface area (Å²) in [5.74, 6) is 1.18. The number of pyridine rings is 2. The van der Waals surface area contributed by atoms with Crippen LogP contribution in [0.2, 0.25) is 0 Å². The summed E-state index contributed by atoms with van der Waals surface area (Å²) in [5.41, 5.74) is 9.31. The molecule has 6 rings (SSSR count). The van der Waals surface area contributed by atoms with E-state index in [0.717, 1.165) is 53.7 Å². The van der Waals surface area contributed by atoms with Gasteiger partial charge in [0.25, 0.3) is 0 Å². The van der Waals surface area contributed by atoms with Gasteiger partial charge in [-0.25, -0.2) is 4.98 Å². The third-order valence-corrected chi connectivity index (χ3v) is 7.67. The highest BCUT2D eigenvalue weighted by atomic mass is 15.1. The van der Waals surface area contributed by atoms with E-state index in [4.69, 9.17) is 15.0 Å². The lowest BCUT2D eigenvalue weighted by Gasteiger charge is -2.23. The molecule has 0 saturated heterocycles. The number of allylic oxidation sites excluding steroid dienone is 5. The molecule has 1 saturated carbocycles. The lowest BCUT2D eigenvalue weighted by Crippen LogP contribution is -2.08. The van der Waals surface area contributed by atoms with Crippen molar-refractivity contribution in [2.24, 2.45) is 16.8 Å². The normalized spacial score (nSPS) is 22.4. The maximum absolute atomic E-state index is 5.25. The van der Waals surface area contributed by atoms with Crippen molar-refractivity contribution in [2.45, 2.75) is 58.3 Å². The molecule has 0 bridgehead atoms. The molecule has 3 aromatic rings. The van der Waals surface area contributed by atoms with Crippen LogP contribution in [-0.4, -0.2) is 32.4 Å². The standard InChI is InChI=1S/C30H33N5/c1-20-5-4-6-23(15-20)26-16-27-28(13-14-31-29(27)24-18-33-34-19-24)35-30(26)22-11-9-21(10-12-22)17-32-25-7-2-3-8-25/h6,9,11-14,16,18-21H,2-5,7-8,10,15,17H2,1H3,(H,33,34). The Morgan fingerprint density at radius 2 is 2.06 bits per heavy atom. The van der Waals surface area contributed by atoms with Crippen LogP contribution in [0.25, 0.3) is 33.3 Å². The quantitative estimate of drug-likeness (QED) is 0.435. The van der Waals surface area contributed by atoms with Crippen molar-refractivity contribution in [1.29, 1.82) is 0 Å². The summed E-state index contributed by atoms with van der Waals surface area (Å²) in [5, 5.41) is 8.15. The van der Waals surface area contributed by atoms with Gasteiger partial charge in [-0.2, -0.15) is 5.10 Å². The monoisotopic (exact) mass is 463 g/mol. The van der Waals surface area contributed by atoms with E-state index < -0.39 is 0 Å². The minimum atomic E-state index is 0.488. The minimum absolute atomic E-state index is 0.488.